The second-order valence-corrected chi connectivity index (χ2v) is 8.52. The van der Waals surface area contributed by atoms with E-state index in [1.165, 1.54) is 17.2 Å². The Morgan fingerprint density at radius 3 is 2.47 bits per heavy atom. The van der Waals surface area contributed by atoms with Crippen LogP contribution in [0.15, 0.2) is 60.8 Å². The van der Waals surface area contributed by atoms with Crippen LogP contribution in [0.3, 0.4) is 0 Å². The number of amidine groups is 1. The van der Waals surface area contributed by atoms with Gasteiger partial charge in [0.25, 0.3) is 5.91 Å². The molecule has 0 aliphatic carbocycles. The molecule has 0 atom stereocenters. The number of benzene rings is 2. The molecule has 8 heteroatoms. The van der Waals surface area contributed by atoms with E-state index in [2.05, 4.69) is 20.3 Å². The number of amides is 1. The van der Waals surface area contributed by atoms with E-state index >= 15 is 0 Å². The number of aryl methyl sites for hydroxylation is 1. The summed E-state index contributed by atoms with van der Waals surface area (Å²) < 4.78 is 16.3. The summed E-state index contributed by atoms with van der Waals surface area (Å²) in [7, 11) is 0. The van der Waals surface area contributed by atoms with Crippen LogP contribution in [0, 0.1) is 18.2 Å². The van der Waals surface area contributed by atoms with Gasteiger partial charge in [0.05, 0.1) is 5.69 Å². The summed E-state index contributed by atoms with van der Waals surface area (Å²) >= 11 is 0. The van der Waals surface area contributed by atoms with Crippen molar-refractivity contribution >= 4 is 28.3 Å². The standard InChI is InChI=1S/C26H25FN6O/c1-17-13-23(33(31-17)22-15-19-8-4-3-7-18(19)14-21(22)27)26(34)30-24-10-9-20(16-29-24)25(28)32-11-5-2-6-12-32/h3-4,7-10,13-16,28H,2,5-6,11-12H2,1H3,(H,29,30,34). The zero-order valence-corrected chi connectivity index (χ0v) is 18.9. The smallest absolute Gasteiger partial charge is 0.275 e. The van der Waals surface area contributed by atoms with Crippen molar-refractivity contribution in [1.82, 2.24) is 19.7 Å². The van der Waals surface area contributed by atoms with E-state index in [1.54, 1.807) is 37.4 Å². The van der Waals surface area contributed by atoms with Crippen LogP contribution in [0.4, 0.5) is 10.2 Å². The van der Waals surface area contributed by atoms with Gasteiger partial charge >= 0.3 is 0 Å². The number of anilines is 1. The third kappa shape index (κ3) is 4.26. The number of carbonyl (C=O) groups is 1. The van der Waals surface area contributed by atoms with Gasteiger partial charge in [-0.2, -0.15) is 5.10 Å². The third-order valence-corrected chi connectivity index (χ3v) is 6.06. The summed E-state index contributed by atoms with van der Waals surface area (Å²) in [5.41, 5.74) is 1.71. The molecule has 34 heavy (non-hydrogen) atoms. The summed E-state index contributed by atoms with van der Waals surface area (Å²) in [5.74, 6) is -0.107. The molecule has 3 heterocycles. The van der Waals surface area contributed by atoms with Crippen molar-refractivity contribution < 1.29 is 9.18 Å². The summed E-state index contributed by atoms with van der Waals surface area (Å²) in [5, 5.41) is 17.2. The van der Waals surface area contributed by atoms with Crippen LogP contribution >= 0.6 is 0 Å². The number of likely N-dealkylation sites (tertiary alicyclic amines) is 1. The van der Waals surface area contributed by atoms with E-state index in [9.17, 15) is 9.18 Å². The van der Waals surface area contributed by atoms with Gasteiger partial charge in [0.2, 0.25) is 0 Å². The van der Waals surface area contributed by atoms with E-state index in [0.29, 0.717) is 22.9 Å². The van der Waals surface area contributed by atoms with Crippen LogP contribution in [0.2, 0.25) is 0 Å². The van der Waals surface area contributed by atoms with Crippen molar-refractivity contribution in [3.05, 3.63) is 83.6 Å². The maximum absolute atomic E-state index is 14.9. The summed E-state index contributed by atoms with van der Waals surface area (Å²) in [6, 6.07) is 15.7. The predicted molar refractivity (Wildman–Crippen MR) is 130 cm³/mol. The Morgan fingerprint density at radius 1 is 1.03 bits per heavy atom. The minimum absolute atomic E-state index is 0.204. The number of rotatable bonds is 4. The van der Waals surface area contributed by atoms with E-state index in [1.807, 2.05) is 24.3 Å². The van der Waals surface area contributed by atoms with Crippen LogP contribution in [-0.2, 0) is 0 Å². The summed E-state index contributed by atoms with van der Waals surface area (Å²) in [4.78, 5) is 19.5. The summed E-state index contributed by atoms with van der Waals surface area (Å²) in [6.07, 6.45) is 4.98. The minimum Gasteiger partial charge on any atom is -0.357 e. The van der Waals surface area contributed by atoms with Crippen molar-refractivity contribution in [3.8, 4) is 5.69 Å². The van der Waals surface area contributed by atoms with E-state index < -0.39 is 11.7 Å². The molecule has 172 valence electrons. The molecule has 1 amide bonds. The first kappa shape index (κ1) is 21.8. The van der Waals surface area contributed by atoms with Crippen LogP contribution in [0.1, 0.15) is 41.0 Å². The molecular weight excluding hydrogens is 431 g/mol. The second-order valence-electron chi connectivity index (χ2n) is 8.52. The molecule has 1 saturated heterocycles. The quantitative estimate of drug-likeness (QED) is 0.337. The molecule has 5 rings (SSSR count). The zero-order valence-electron chi connectivity index (χ0n) is 18.9. The fraction of sp³-hybridized carbons (Fsp3) is 0.231. The fourth-order valence-electron chi connectivity index (χ4n) is 4.30. The molecule has 0 spiro atoms. The number of nitrogens with zero attached hydrogens (tertiary/aromatic N) is 4. The van der Waals surface area contributed by atoms with Crippen molar-refractivity contribution in [2.75, 3.05) is 18.4 Å². The Labute approximate surface area is 196 Å². The normalized spacial score (nSPS) is 13.8. The van der Waals surface area contributed by atoms with Crippen molar-refractivity contribution in [2.24, 2.45) is 0 Å². The number of carbonyl (C=O) groups excluding carboxylic acids is 1. The molecule has 7 nitrogen and oxygen atoms in total. The average Bonchev–Trinajstić information content (AvgIpc) is 3.25. The highest BCUT2D eigenvalue weighted by Gasteiger charge is 2.20. The molecule has 1 aliphatic rings. The zero-order chi connectivity index (χ0) is 23.7. The maximum atomic E-state index is 14.9. The van der Waals surface area contributed by atoms with Gasteiger partial charge in [-0.05, 0) is 67.3 Å². The topological polar surface area (TPSA) is 86.9 Å². The van der Waals surface area contributed by atoms with Crippen LogP contribution in [0.25, 0.3) is 16.5 Å². The molecule has 0 unspecified atom stereocenters. The SMILES string of the molecule is Cc1cc(C(=O)Nc2ccc(C(=N)N3CCCCC3)cn2)n(-c2cc3ccccc3cc2F)n1. The third-order valence-electron chi connectivity index (χ3n) is 6.06. The first-order valence-electron chi connectivity index (χ1n) is 11.4. The predicted octanol–water partition coefficient (Wildman–Crippen LogP) is 4.93. The Morgan fingerprint density at radius 2 is 1.76 bits per heavy atom. The Kier molecular flexibility index (Phi) is 5.79. The van der Waals surface area contributed by atoms with Crippen molar-refractivity contribution in [1.29, 1.82) is 5.41 Å². The number of hydrogen-bond acceptors (Lipinski definition) is 4. The van der Waals surface area contributed by atoms with Gasteiger partial charge in [0.1, 0.15) is 28.9 Å². The van der Waals surface area contributed by atoms with E-state index in [0.717, 1.165) is 36.7 Å². The van der Waals surface area contributed by atoms with Gasteiger partial charge in [0.15, 0.2) is 0 Å². The number of hydrogen-bond donors (Lipinski definition) is 2. The van der Waals surface area contributed by atoms with Crippen molar-refractivity contribution in [3.63, 3.8) is 0 Å². The Balaban J connectivity index is 1.38. The summed E-state index contributed by atoms with van der Waals surface area (Å²) in [6.45, 7) is 3.52. The van der Waals surface area contributed by atoms with Gasteiger partial charge < -0.3 is 10.2 Å². The molecular formula is C26H25FN6O. The first-order valence-corrected chi connectivity index (χ1v) is 11.4. The lowest BCUT2D eigenvalue weighted by molar-refractivity contribution is 0.101. The molecule has 2 N–H and O–H groups in total. The molecule has 0 saturated carbocycles. The molecule has 2 aromatic carbocycles. The molecule has 0 bridgehead atoms. The first-order chi connectivity index (χ1) is 16.5. The van der Waals surface area contributed by atoms with Gasteiger partial charge in [-0.3, -0.25) is 10.2 Å². The number of pyridine rings is 1. The highest BCUT2D eigenvalue weighted by atomic mass is 19.1. The molecule has 1 aliphatic heterocycles. The van der Waals surface area contributed by atoms with Gasteiger partial charge in [-0.25, -0.2) is 14.1 Å². The highest BCUT2D eigenvalue weighted by Crippen LogP contribution is 2.24. The van der Waals surface area contributed by atoms with Gasteiger partial charge in [0, 0.05) is 24.8 Å². The molecule has 4 aromatic rings. The maximum Gasteiger partial charge on any atom is 0.275 e. The van der Waals surface area contributed by atoms with Crippen molar-refractivity contribution in [2.45, 2.75) is 26.2 Å². The van der Waals surface area contributed by atoms with E-state index in [4.69, 9.17) is 5.41 Å². The molecule has 0 radical (unpaired) electrons. The second kappa shape index (κ2) is 9.05. The largest absolute Gasteiger partial charge is 0.357 e. The number of aromatic nitrogens is 3. The Hall–Kier alpha value is -4.07. The van der Waals surface area contributed by atoms with Gasteiger partial charge in [-0.1, -0.05) is 24.3 Å². The minimum atomic E-state index is -0.463. The van der Waals surface area contributed by atoms with Gasteiger partial charge in [-0.15, -0.1) is 0 Å². The van der Waals surface area contributed by atoms with E-state index in [-0.39, 0.29) is 11.4 Å². The number of piperidine rings is 1. The average molecular weight is 457 g/mol. The lowest BCUT2D eigenvalue weighted by Crippen LogP contribution is -2.35. The molecule has 2 aromatic heterocycles. The fourth-order valence-corrected chi connectivity index (χ4v) is 4.30. The van der Waals surface area contributed by atoms with Crippen LogP contribution < -0.4 is 5.32 Å². The van der Waals surface area contributed by atoms with Crippen LogP contribution in [0.5, 0.6) is 0 Å². The highest BCUT2D eigenvalue weighted by molar-refractivity contribution is 6.03. The molecule has 1 fully saturated rings. The monoisotopic (exact) mass is 456 g/mol. The lowest BCUT2D eigenvalue weighted by Gasteiger charge is -2.28. The van der Waals surface area contributed by atoms with Crippen LogP contribution in [-0.4, -0.2) is 44.5 Å². The number of halogens is 1. The lowest BCUT2D eigenvalue weighted by atomic mass is 10.1. The Bertz CT molecular complexity index is 1370. The number of nitrogens with one attached hydrogen (secondary N) is 2. The number of fused-ring (bicyclic) bond motifs is 1.